The van der Waals surface area contributed by atoms with Gasteiger partial charge in [0.15, 0.2) is 0 Å². The zero-order valence-electron chi connectivity index (χ0n) is 16.4. The Balaban J connectivity index is 1.49. The van der Waals surface area contributed by atoms with E-state index in [1.165, 1.54) is 0 Å². The number of Topliss-reactive ketones (excluding diaryl/α,β-unsaturated/α-hetero) is 1. The largest absolute Gasteiger partial charge is 0.494 e. The third-order valence-corrected chi connectivity index (χ3v) is 4.92. The van der Waals surface area contributed by atoms with E-state index in [0.29, 0.717) is 12.2 Å². The number of benzene rings is 2. The average Bonchev–Trinajstić information content (AvgIpc) is 2.65. The monoisotopic (exact) mass is 407 g/mol. The molecule has 2 aromatic carbocycles. The molecular weight excluding hydrogens is 383 g/mol. The van der Waals surface area contributed by atoms with Crippen LogP contribution < -0.4 is 14.4 Å². The minimum absolute atomic E-state index is 0.0796. The van der Waals surface area contributed by atoms with Crippen LogP contribution in [-0.4, -0.2) is 37.8 Å². The second-order valence-corrected chi connectivity index (χ2v) is 7.17. The van der Waals surface area contributed by atoms with Crippen molar-refractivity contribution < 1.29 is 27.4 Å². The van der Waals surface area contributed by atoms with Crippen LogP contribution in [0.25, 0.3) is 0 Å². The summed E-state index contributed by atoms with van der Waals surface area (Å²) in [6.07, 6.45) is -5.23. The fourth-order valence-electron chi connectivity index (χ4n) is 3.22. The third-order valence-electron chi connectivity index (χ3n) is 4.92. The van der Waals surface area contributed by atoms with Crippen molar-refractivity contribution in [1.29, 1.82) is 0 Å². The SMILES string of the molecule is CCOc1ccc(OC2CN(c3ccc([C@H](C)CC(=O)C(F)(F)F)cc3)C2)cc1. The number of anilines is 1. The number of ether oxygens (including phenoxy) is 2. The first-order chi connectivity index (χ1) is 13.8. The Morgan fingerprint density at radius 1 is 1.07 bits per heavy atom. The zero-order valence-corrected chi connectivity index (χ0v) is 16.4. The molecule has 0 aliphatic carbocycles. The minimum Gasteiger partial charge on any atom is -0.494 e. The summed E-state index contributed by atoms with van der Waals surface area (Å²) in [4.78, 5) is 13.3. The van der Waals surface area contributed by atoms with Crippen molar-refractivity contribution in [1.82, 2.24) is 0 Å². The predicted octanol–water partition coefficient (Wildman–Crippen LogP) is 4.98. The van der Waals surface area contributed by atoms with Crippen molar-refractivity contribution in [2.45, 2.75) is 38.5 Å². The summed E-state index contributed by atoms with van der Waals surface area (Å²) < 4.78 is 48.6. The van der Waals surface area contributed by atoms with Gasteiger partial charge in [-0.2, -0.15) is 13.2 Å². The van der Waals surface area contributed by atoms with Gasteiger partial charge in [-0.05, 0) is 54.8 Å². The smallest absolute Gasteiger partial charge is 0.449 e. The molecule has 0 saturated carbocycles. The Bertz CT molecular complexity index is 813. The van der Waals surface area contributed by atoms with Crippen LogP contribution in [-0.2, 0) is 4.79 Å². The molecule has 0 unspecified atom stereocenters. The van der Waals surface area contributed by atoms with Gasteiger partial charge in [0.05, 0.1) is 19.7 Å². The van der Waals surface area contributed by atoms with Crippen LogP contribution in [0.1, 0.15) is 31.7 Å². The van der Waals surface area contributed by atoms with Gasteiger partial charge in [-0.25, -0.2) is 0 Å². The van der Waals surface area contributed by atoms with Crippen LogP contribution in [0.4, 0.5) is 18.9 Å². The molecule has 0 N–H and O–H groups in total. The molecule has 3 rings (SSSR count). The van der Waals surface area contributed by atoms with Crippen LogP contribution in [0.5, 0.6) is 11.5 Å². The maximum absolute atomic E-state index is 12.4. The summed E-state index contributed by atoms with van der Waals surface area (Å²) in [7, 11) is 0. The fourth-order valence-corrected chi connectivity index (χ4v) is 3.22. The molecule has 1 aliphatic rings. The highest BCUT2D eigenvalue weighted by atomic mass is 19.4. The lowest BCUT2D eigenvalue weighted by Crippen LogP contribution is -2.54. The minimum atomic E-state index is -4.77. The number of hydrogen-bond donors (Lipinski definition) is 0. The molecule has 7 heteroatoms. The maximum Gasteiger partial charge on any atom is 0.449 e. The lowest BCUT2D eigenvalue weighted by Gasteiger charge is -2.40. The molecule has 0 bridgehead atoms. The topological polar surface area (TPSA) is 38.8 Å². The summed E-state index contributed by atoms with van der Waals surface area (Å²) in [5, 5.41) is 0. The number of halogens is 3. The van der Waals surface area contributed by atoms with Crippen molar-refractivity contribution in [2.24, 2.45) is 0 Å². The summed E-state index contributed by atoms with van der Waals surface area (Å²) in [6, 6.07) is 14.8. The molecule has 1 saturated heterocycles. The van der Waals surface area contributed by atoms with Gasteiger partial charge in [0.2, 0.25) is 5.78 Å². The van der Waals surface area contributed by atoms with Crippen molar-refractivity contribution in [2.75, 3.05) is 24.6 Å². The fraction of sp³-hybridized carbons (Fsp3) is 0.409. The number of rotatable bonds is 8. The second kappa shape index (κ2) is 8.76. The molecule has 4 nitrogen and oxygen atoms in total. The first-order valence-electron chi connectivity index (χ1n) is 9.60. The van der Waals surface area contributed by atoms with Gasteiger partial charge in [0.25, 0.3) is 0 Å². The molecular formula is C22H24F3NO3. The molecule has 29 heavy (non-hydrogen) atoms. The Morgan fingerprint density at radius 2 is 1.66 bits per heavy atom. The van der Waals surface area contributed by atoms with Gasteiger partial charge in [0.1, 0.15) is 17.6 Å². The second-order valence-electron chi connectivity index (χ2n) is 7.17. The van der Waals surface area contributed by atoms with E-state index >= 15 is 0 Å². The van der Waals surface area contributed by atoms with Crippen molar-refractivity contribution in [3.8, 4) is 11.5 Å². The van der Waals surface area contributed by atoms with E-state index in [1.54, 1.807) is 19.1 Å². The molecule has 0 spiro atoms. The summed E-state index contributed by atoms with van der Waals surface area (Å²) in [5.41, 5.74) is 1.70. The number of ketones is 1. The number of nitrogens with zero attached hydrogens (tertiary/aromatic N) is 1. The Labute approximate surface area is 168 Å². The maximum atomic E-state index is 12.4. The highest BCUT2D eigenvalue weighted by Gasteiger charge is 2.38. The molecule has 0 radical (unpaired) electrons. The quantitative estimate of drug-likeness (QED) is 0.619. The van der Waals surface area contributed by atoms with Gasteiger partial charge >= 0.3 is 6.18 Å². The average molecular weight is 407 g/mol. The van der Waals surface area contributed by atoms with Crippen molar-refractivity contribution >= 4 is 11.5 Å². The lowest BCUT2D eigenvalue weighted by atomic mass is 9.95. The van der Waals surface area contributed by atoms with E-state index in [9.17, 15) is 18.0 Å². The van der Waals surface area contributed by atoms with Gasteiger partial charge in [-0.15, -0.1) is 0 Å². The van der Waals surface area contributed by atoms with E-state index in [-0.39, 0.29) is 6.10 Å². The molecule has 0 aromatic heterocycles. The van der Waals surface area contributed by atoms with Gasteiger partial charge < -0.3 is 14.4 Å². The van der Waals surface area contributed by atoms with E-state index < -0.39 is 24.3 Å². The van der Waals surface area contributed by atoms with E-state index in [2.05, 4.69) is 4.90 Å². The molecule has 1 atom stereocenters. The van der Waals surface area contributed by atoms with Crippen LogP contribution in [0, 0.1) is 0 Å². The first-order valence-corrected chi connectivity index (χ1v) is 9.60. The number of hydrogen-bond acceptors (Lipinski definition) is 4. The van der Waals surface area contributed by atoms with E-state index in [1.807, 2.05) is 43.3 Å². The summed E-state index contributed by atoms with van der Waals surface area (Å²) in [6.45, 7) is 5.64. The Morgan fingerprint density at radius 3 is 2.21 bits per heavy atom. The molecule has 2 aromatic rings. The highest BCUT2D eigenvalue weighted by molar-refractivity contribution is 5.84. The van der Waals surface area contributed by atoms with Crippen LogP contribution in [0.2, 0.25) is 0 Å². The van der Waals surface area contributed by atoms with Crippen molar-refractivity contribution in [3.05, 3.63) is 54.1 Å². The highest BCUT2D eigenvalue weighted by Crippen LogP contribution is 2.29. The van der Waals surface area contributed by atoms with Gasteiger partial charge in [0, 0.05) is 12.1 Å². The molecule has 156 valence electrons. The Kier molecular flexibility index (Phi) is 6.35. The summed E-state index contributed by atoms with van der Waals surface area (Å²) >= 11 is 0. The van der Waals surface area contributed by atoms with Crippen molar-refractivity contribution in [3.63, 3.8) is 0 Å². The molecule has 0 amide bonds. The Hall–Kier alpha value is -2.70. The predicted molar refractivity (Wildman–Crippen MR) is 105 cm³/mol. The third kappa shape index (κ3) is 5.43. The van der Waals surface area contributed by atoms with E-state index in [4.69, 9.17) is 9.47 Å². The number of alkyl halides is 3. The lowest BCUT2D eigenvalue weighted by molar-refractivity contribution is -0.171. The first kappa shape index (κ1) is 21.0. The normalized spacial score (nSPS) is 15.6. The van der Waals surface area contributed by atoms with E-state index in [0.717, 1.165) is 30.3 Å². The molecule has 1 fully saturated rings. The van der Waals surface area contributed by atoms with Gasteiger partial charge in [-0.3, -0.25) is 4.79 Å². The summed E-state index contributed by atoms with van der Waals surface area (Å²) in [5.74, 6) is -0.575. The van der Waals surface area contributed by atoms with Crippen LogP contribution >= 0.6 is 0 Å². The molecule has 1 aliphatic heterocycles. The van der Waals surface area contributed by atoms with Crippen LogP contribution in [0.15, 0.2) is 48.5 Å². The standard InChI is InChI=1S/C22H24F3NO3/c1-3-28-18-8-10-19(11-9-18)29-20-13-26(14-20)17-6-4-16(5-7-17)15(2)12-21(27)22(23,24)25/h4-11,15,20H,3,12-14H2,1-2H3/t15-/m1/s1. The molecule has 1 heterocycles. The zero-order chi connectivity index (χ0) is 21.0. The number of carbonyl (C=O) groups excluding carboxylic acids is 1. The van der Waals surface area contributed by atoms with Crippen LogP contribution in [0.3, 0.4) is 0 Å². The number of carbonyl (C=O) groups is 1. The van der Waals surface area contributed by atoms with Gasteiger partial charge in [-0.1, -0.05) is 19.1 Å².